The van der Waals surface area contributed by atoms with E-state index in [0.29, 0.717) is 16.3 Å². The maximum absolute atomic E-state index is 13.6. The van der Waals surface area contributed by atoms with Crippen LogP contribution in [-0.2, 0) is 11.3 Å². The molecule has 0 amide bonds. The lowest BCUT2D eigenvalue weighted by atomic mass is 9.95. The number of anilines is 1. The van der Waals surface area contributed by atoms with E-state index in [9.17, 15) is 9.18 Å². The van der Waals surface area contributed by atoms with Gasteiger partial charge in [0.25, 0.3) is 0 Å². The predicted molar refractivity (Wildman–Crippen MR) is 96.5 cm³/mol. The van der Waals surface area contributed by atoms with Gasteiger partial charge in [-0.1, -0.05) is 35.9 Å². The van der Waals surface area contributed by atoms with Gasteiger partial charge in [-0.3, -0.25) is 4.79 Å². The van der Waals surface area contributed by atoms with Crippen LogP contribution in [0.3, 0.4) is 0 Å². The third kappa shape index (κ3) is 5.37. The number of rotatable bonds is 7. The minimum absolute atomic E-state index is 0. The van der Waals surface area contributed by atoms with E-state index in [1.54, 1.807) is 36.4 Å². The summed E-state index contributed by atoms with van der Waals surface area (Å²) in [5, 5.41) is 12.5. The predicted octanol–water partition coefficient (Wildman–Crippen LogP) is 4.03. The minimum atomic E-state index is -0.906. The smallest absolute Gasteiger partial charge is 0.304 e. The second-order valence-electron chi connectivity index (χ2n) is 5.21. The first-order chi connectivity index (χ1) is 11.0. The number of carbonyl (C=O) groups is 1. The second-order valence-corrected chi connectivity index (χ2v) is 5.62. The Morgan fingerprint density at radius 1 is 1.29 bits per heavy atom. The molecule has 0 aromatic heterocycles. The van der Waals surface area contributed by atoms with E-state index < -0.39 is 5.97 Å². The van der Waals surface area contributed by atoms with Crippen LogP contribution in [0.4, 0.5) is 10.1 Å². The Morgan fingerprint density at radius 3 is 2.62 bits per heavy atom. The van der Waals surface area contributed by atoms with E-state index in [2.05, 4.69) is 5.32 Å². The molecule has 0 saturated heterocycles. The molecule has 2 rings (SSSR count). The van der Waals surface area contributed by atoms with E-state index in [1.165, 1.54) is 6.07 Å². The summed E-state index contributed by atoms with van der Waals surface area (Å²) in [6.07, 6.45) is -0.0507. The molecule has 2 aromatic rings. The van der Waals surface area contributed by atoms with Gasteiger partial charge in [0.1, 0.15) is 5.82 Å². The largest absolute Gasteiger partial charge is 0.481 e. The van der Waals surface area contributed by atoms with Crippen LogP contribution in [0.15, 0.2) is 42.5 Å². The molecule has 0 aliphatic heterocycles. The van der Waals surface area contributed by atoms with Crippen molar-refractivity contribution in [2.45, 2.75) is 18.9 Å². The van der Waals surface area contributed by atoms with Gasteiger partial charge in [-0.2, -0.15) is 0 Å². The average molecular weight is 373 g/mol. The van der Waals surface area contributed by atoms with Crippen LogP contribution in [-0.4, -0.2) is 17.6 Å². The fourth-order valence-electron chi connectivity index (χ4n) is 2.31. The molecular formula is C17H19Cl2FN2O2. The zero-order chi connectivity index (χ0) is 16.8. The highest BCUT2D eigenvalue weighted by Crippen LogP contribution is 2.28. The summed E-state index contributed by atoms with van der Waals surface area (Å²) in [4.78, 5) is 10.9. The number of carboxylic acids is 1. The maximum atomic E-state index is 13.6. The SMILES string of the molecule is Cl.NC[C@H](CC(=O)O)c1ccc(Cl)c(NCc2ccccc2F)c1. The minimum Gasteiger partial charge on any atom is -0.481 e. The number of nitrogens with one attached hydrogen (secondary N) is 1. The van der Waals surface area contributed by atoms with Crippen LogP contribution >= 0.6 is 24.0 Å². The van der Waals surface area contributed by atoms with Crippen molar-refractivity contribution >= 4 is 35.7 Å². The fourth-order valence-corrected chi connectivity index (χ4v) is 2.50. The van der Waals surface area contributed by atoms with E-state index >= 15 is 0 Å². The van der Waals surface area contributed by atoms with Crippen molar-refractivity contribution in [2.24, 2.45) is 5.73 Å². The molecule has 0 saturated carbocycles. The number of benzene rings is 2. The third-order valence-electron chi connectivity index (χ3n) is 3.59. The summed E-state index contributed by atoms with van der Waals surface area (Å²) < 4.78 is 13.6. The molecule has 2 aromatic carbocycles. The van der Waals surface area contributed by atoms with Crippen LogP contribution < -0.4 is 11.1 Å². The molecule has 0 aliphatic carbocycles. The van der Waals surface area contributed by atoms with Gasteiger partial charge in [0.15, 0.2) is 0 Å². The highest BCUT2D eigenvalue weighted by atomic mass is 35.5. The number of hydrogen-bond acceptors (Lipinski definition) is 3. The lowest BCUT2D eigenvalue weighted by molar-refractivity contribution is -0.137. The molecule has 0 aliphatic rings. The molecule has 0 bridgehead atoms. The van der Waals surface area contributed by atoms with E-state index in [1.807, 2.05) is 0 Å². The molecule has 1 atom stereocenters. The van der Waals surface area contributed by atoms with Gasteiger partial charge in [0, 0.05) is 18.0 Å². The number of hydrogen-bond donors (Lipinski definition) is 3. The summed E-state index contributed by atoms with van der Waals surface area (Å²) in [6.45, 7) is 0.503. The quantitative estimate of drug-likeness (QED) is 0.685. The molecule has 0 unspecified atom stereocenters. The van der Waals surface area contributed by atoms with Crippen LogP contribution in [0.25, 0.3) is 0 Å². The number of nitrogens with two attached hydrogens (primary N) is 1. The first kappa shape index (κ1) is 20.2. The van der Waals surface area contributed by atoms with Crippen LogP contribution in [0, 0.1) is 5.82 Å². The normalized spacial score (nSPS) is 11.5. The lowest BCUT2D eigenvalue weighted by Crippen LogP contribution is -2.16. The van der Waals surface area contributed by atoms with Crippen molar-refractivity contribution in [3.63, 3.8) is 0 Å². The number of carboxylic acid groups (broad SMARTS) is 1. The highest BCUT2D eigenvalue weighted by molar-refractivity contribution is 6.33. The molecular weight excluding hydrogens is 354 g/mol. The molecule has 24 heavy (non-hydrogen) atoms. The van der Waals surface area contributed by atoms with Crippen LogP contribution in [0.1, 0.15) is 23.5 Å². The van der Waals surface area contributed by atoms with E-state index in [-0.39, 0.29) is 43.7 Å². The average Bonchev–Trinajstić information content (AvgIpc) is 2.53. The van der Waals surface area contributed by atoms with Gasteiger partial charge in [0.2, 0.25) is 0 Å². The van der Waals surface area contributed by atoms with Gasteiger partial charge in [-0.15, -0.1) is 12.4 Å². The van der Waals surface area contributed by atoms with Gasteiger partial charge in [-0.25, -0.2) is 4.39 Å². The fraction of sp³-hybridized carbons (Fsp3) is 0.235. The standard InChI is InChI=1S/C17H18ClFN2O2.ClH/c18-14-6-5-11(13(9-20)8-17(22)23)7-16(14)21-10-12-3-1-2-4-15(12)19;/h1-7,13,21H,8-10,20H2,(H,22,23);1H/t13-;/m0./s1. The number of aliphatic carboxylic acids is 1. The van der Waals surface area contributed by atoms with Crippen LogP contribution in [0.2, 0.25) is 5.02 Å². The lowest BCUT2D eigenvalue weighted by Gasteiger charge is -2.16. The van der Waals surface area contributed by atoms with Crippen molar-refractivity contribution in [2.75, 3.05) is 11.9 Å². The zero-order valence-corrected chi connectivity index (χ0v) is 14.4. The Kier molecular flexibility index (Phi) is 7.98. The van der Waals surface area contributed by atoms with E-state index in [4.69, 9.17) is 22.4 Å². The first-order valence-electron chi connectivity index (χ1n) is 7.20. The Bertz CT molecular complexity index is 698. The van der Waals surface area contributed by atoms with Crippen molar-refractivity contribution in [1.82, 2.24) is 0 Å². The summed E-state index contributed by atoms with van der Waals surface area (Å²) in [5.74, 6) is -1.49. The van der Waals surface area contributed by atoms with Crippen LogP contribution in [0.5, 0.6) is 0 Å². The molecule has 0 heterocycles. The molecule has 7 heteroatoms. The van der Waals surface area contributed by atoms with Crippen molar-refractivity contribution in [3.05, 3.63) is 64.4 Å². The topological polar surface area (TPSA) is 75.4 Å². The van der Waals surface area contributed by atoms with Crippen molar-refractivity contribution < 1.29 is 14.3 Å². The summed E-state index contributed by atoms with van der Waals surface area (Å²) in [7, 11) is 0. The molecule has 0 spiro atoms. The Balaban J connectivity index is 0.00000288. The Morgan fingerprint density at radius 2 is 2.00 bits per heavy atom. The molecule has 4 N–H and O–H groups in total. The van der Waals surface area contributed by atoms with Gasteiger partial charge < -0.3 is 16.2 Å². The van der Waals surface area contributed by atoms with Gasteiger partial charge >= 0.3 is 5.97 Å². The Labute approximate surface area is 151 Å². The zero-order valence-electron chi connectivity index (χ0n) is 12.8. The monoisotopic (exact) mass is 372 g/mol. The number of halogens is 3. The summed E-state index contributed by atoms with van der Waals surface area (Å²) in [5.41, 5.74) is 7.59. The van der Waals surface area contributed by atoms with Gasteiger partial charge in [-0.05, 0) is 30.3 Å². The highest BCUT2D eigenvalue weighted by Gasteiger charge is 2.15. The molecule has 4 nitrogen and oxygen atoms in total. The maximum Gasteiger partial charge on any atom is 0.304 e. The van der Waals surface area contributed by atoms with E-state index in [0.717, 1.165) is 5.56 Å². The van der Waals surface area contributed by atoms with Crippen molar-refractivity contribution in [3.8, 4) is 0 Å². The van der Waals surface area contributed by atoms with Crippen molar-refractivity contribution in [1.29, 1.82) is 0 Å². The summed E-state index contributed by atoms with van der Waals surface area (Å²) >= 11 is 6.15. The Hall–Kier alpha value is -1.82. The molecule has 0 fully saturated rings. The molecule has 130 valence electrons. The third-order valence-corrected chi connectivity index (χ3v) is 3.92. The second kappa shape index (κ2) is 9.47. The molecule has 0 radical (unpaired) electrons. The summed E-state index contributed by atoms with van der Waals surface area (Å²) in [6, 6.07) is 11.7. The van der Waals surface area contributed by atoms with Gasteiger partial charge in [0.05, 0.1) is 17.1 Å². The first-order valence-corrected chi connectivity index (χ1v) is 7.57.